The van der Waals surface area contributed by atoms with E-state index < -0.39 is 0 Å². The molecule has 2 heteroatoms. The van der Waals surface area contributed by atoms with E-state index in [9.17, 15) is 0 Å². The molecule has 0 spiro atoms. The van der Waals surface area contributed by atoms with Crippen molar-refractivity contribution in [2.24, 2.45) is 0 Å². The molecule has 0 saturated heterocycles. The molecule has 0 unspecified atom stereocenters. The highest BCUT2D eigenvalue weighted by molar-refractivity contribution is 6.07. The van der Waals surface area contributed by atoms with Crippen LogP contribution in [0.4, 0.5) is 17.1 Å². The lowest BCUT2D eigenvalue weighted by Gasteiger charge is -2.29. The molecule has 48 heavy (non-hydrogen) atoms. The lowest BCUT2D eigenvalue weighted by atomic mass is 9.94. The number of anilines is 3. The van der Waals surface area contributed by atoms with Crippen LogP contribution in [-0.2, 0) is 0 Å². The van der Waals surface area contributed by atoms with Gasteiger partial charge >= 0.3 is 0 Å². The molecule has 0 atom stereocenters. The third kappa shape index (κ3) is 4.92. The number of nitrogens with zero attached hydrogens (tertiary/aromatic N) is 1. The Morgan fingerprint density at radius 2 is 0.938 bits per heavy atom. The summed E-state index contributed by atoms with van der Waals surface area (Å²) in [5, 5.41) is 4.68. The van der Waals surface area contributed by atoms with Crippen molar-refractivity contribution in [3.05, 3.63) is 188 Å². The smallest absolute Gasteiger partial charge is 0.135 e. The number of furan rings is 1. The van der Waals surface area contributed by atoms with Gasteiger partial charge in [-0.15, -0.1) is 0 Å². The Balaban J connectivity index is 1.30. The van der Waals surface area contributed by atoms with Crippen LogP contribution in [0.25, 0.3) is 66.1 Å². The van der Waals surface area contributed by atoms with Gasteiger partial charge in [0.05, 0.1) is 5.69 Å². The molecule has 9 aromatic rings. The van der Waals surface area contributed by atoms with E-state index in [0.29, 0.717) is 0 Å². The zero-order chi connectivity index (χ0) is 31.9. The van der Waals surface area contributed by atoms with E-state index in [-0.39, 0.29) is 0 Å². The second-order valence-electron chi connectivity index (χ2n) is 12.2. The molecule has 226 valence electrons. The number of rotatable bonds is 6. The minimum Gasteiger partial charge on any atom is -0.456 e. The van der Waals surface area contributed by atoms with Crippen LogP contribution in [0.1, 0.15) is 0 Å². The molecule has 0 saturated carbocycles. The first-order valence-corrected chi connectivity index (χ1v) is 16.3. The minimum absolute atomic E-state index is 0.882. The molecule has 0 aliphatic heterocycles. The quantitative estimate of drug-likeness (QED) is 0.185. The summed E-state index contributed by atoms with van der Waals surface area (Å²) in [6.45, 7) is 0. The van der Waals surface area contributed by atoms with Crippen LogP contribution in [0.15, 0.2) is 192 Å². The van der Waals surface area contributed by atoms with Crippen molar-refractivity contribution in [3.63, 3.8) is 0 Å². The van der Waals surface area contributed by atoms with Gasteiger partial charge in [-0.3, -0.25) is 0 Å². The van der Waals surface area contributed by atoms with Crippen molar-refractivity contribution in [2.75, 3.05) is 4.90 Å². The van der Waals surface area contributed by atoms with Crippen molar-refractivity contribution < 1.29 is 4.42 Å². The van der Waals surface area contributed by atoms with Crippen molar-refractivity contribution in [2.45, 2.75) is 0 Å². The third-order valence-corrected chi connectivity index (χ3v) is 9.28. The molecule has 1 heterocycles. The Kier molecular flexibility index (Phi) is 6.84. The molecule has 9 rings (SSSR count). The predicted octanol–water partition coefficient (Wildman–Crippen LogP) is 13.2. The van der Waals surface area contributed by atoms with Crippen molar-refractivity contribution in [1.29, 1.82) is 0 Å². The highest BCUT2D eigenvalue weighted by Crippen LogP contribution is 2.45. The molecule has 0 amide bonds. The van der Waals surface area contributed by atoms with Crippen molar-refractivity contribution in [3.8, 4) is 33.4 Å². The Morgan fingerprint density at radius 3 is 1.75 bits per heavy atom. The van der Waals surface area contributed by atoms with Crippen LogP contribution in [0.2, 0.25) is 0 Å². The summed E-state index contributed by atoms with van der Waals surface area (Å²) in [6.07, 6.45) is 0. The number of fused-ring (bicyclic) bond motifs is 4. The number of hydrogen-bond acceptors (Lipinski definition) is 2. The zero-order valence-electron chi connectivity index (χ0n) is 26.3. The molecular formula is C46H31NO. The lowest BCUT2D eigenvalue weighted by Crippen LogP contribution is -2.11. The van der Waals surface area contributed by atoms with E-state index >= 15 is 0 Å². The van der Waals surface area contributed by atoms with E-state index in [0.717, 1.165) is 50.1 Å². The van der Waals surface area contributed by atoms with Crippen LogP contribution < -0.4 is 4.90 Å². The SMILES string of the molecule is c1ccc(-c2ccc(N(c3ccc4oc5ccccc5c4c3)c3cc(-c4cccc5ccccc45)ccc3-c3ccccc3)cc2)cc1. The van der Waals surface area contributed by atoms with Gasteiger partial charge in [-0.2, -0.15) is 0 Å². The molecular weight excluding hydrogens is 583 g/mol. The van der Waals surface area contributed by atoms with Gasteiger partial charge in [0, 0.05) is 27.7 Å². The average molecular weight is 614 g/mol. The van der Waals surface area contributed by atoms with E-state index in [1.807, 2.05) is 12.1 Å². The maximum atomic E-state index is 6.26. The first kappa shape index (κ1) is 27.9. The molecule has 2 nitrogen and oxygen atoms in total. The van der Waals surface area contributed by atoms with E-state index in [4.69, 9.17) is 4.42 Å². The standard InChI is InChI=1S/C46H31NO/c1-3-12-32(13-4-1)33-22-25-37(26-23-33)47(38-27-29-46-43(31-38)42-19-9-10-21-45(42)48-46)44-30-36(24-28-41(44)35-14-5-2-6-15-35)40-20-11-17-34-16-7-8-18-39(34)40/h1-31H. The van der Waals surface area contributed by atoms with Gasteiger partial charge in [0.15, 0.2) is 0 Å². The second-order valence-corrected chi connectivity index (χ2v) is 12.2. The highest BCUT2D eigenvalue weighted by Gasteiger charge is 2.20. The second kappa shape index (κ2) is 11.8. The van der Waals surface area contributed by atoms with Gasteiger partial charge in [-0.1, -0.05) is 146 Å². The topological polar surface area (TPSA) is 16.4 Å². The monoisotopic (exact) mass is 613 g/mol. The molecule has 8 aromatic carbocycles. The summed E-state index contributed by atoms with van der Waals surface area (Å²) in [5.74, 6) is 0. The van der Waals surface area contributed by atoms with E-state index in [2.05, 4.69) is 181 Å². The normalized spacial score (nSPS) is 11.3. The Hall–Kier alpha value is -6.38. The van der Waals surface area contributed by atoms with Crippen LogP contribution in [0, 0.1) is 0 Å². The van der Waals surface area contributed by atoms with E-state index in [1.54, 1.807) is 0 Å². The molecule has 0 fully saturated rings. The van der Waals surface area contributed by atoms with Gasteiger partial charge < -0.3 is 9.32 Å². The fourth-order valence-electron chi connectivity index (χ4n) is 6.94. The summed E-state index contributed by atoms with van der Waals surface area (Å²) < 4.78 is 6.26. The fourth-order valence-corrected chi connectivity index (χ4v) is 6.94. The summed E-state index contributed by atoms with van der Waals surface area (Å²) >= 11 is 0. The van der Waals surface area contributed by atoms with Crippen molar-refractivity contribution in [1.82, 2.24) is 0 Å². The van der Waals surface area contributed by atoms with Crippen LogP contribution in [-0.4, -0.2) is 0 Å². The van der Waals surface area contributed by atoms with Crippen LogP contribution in [0.5, 0.6) is 0 Å². The minimum atomic E-state index is 0.882. The van der Waals surface area contributed by atoms with Gasteiger partial charge in [0.2, 0.25) is 0 Å². The largest absolute Gasteiger partial charge is 0.456 e. The molecule has 0 radical (unpaired) electrons. The average Bonchev–Trinajstić information content (AvgIpc) is 3.54. The number of para-hydroxylation sites is 1. The highest BCUT2D eigenvalue weighted by atomic mass is 16.3. The molecule has 1 aromatic heterocycles. The Morgan fingerprint density at radius 1 is 0.333 bits per heavy atom. The Labute approximate surface area is 279 Å². The fraction of sp³-hybridized carbons (Fsp3) is 0. The predicted molar refractivity (Wildman–Crippen MR) is 202 cm³/mol. The first-order valence-electron chi connectivity index (χ1n) is 16.3. The first-order chi connectivity index (χ1) is 23.8. The van der Waals surface area contributed by atoms with Gasteiger partial charge in [0.25, 0.3) is 0 Å². The lowest BCUT2D eigenvalue weighted by molar-refractivity contribution is 0.669. The number of benzene rings is 8. The van der Waals surface area contributed by atoms with Gasteiger partial charge in [-0.25, -0.2) is 0 Å². The molecule has 0 N–H and O–H groups in total. The summed E-state index contributed by atoms with van der Waals surface area (Å²) in [6, 6.07) is 67.1. The van der Waals surface area contributed by atoms with E-state index in [1.165, 1.54) is 33.0 Å². The van der Waals surface area contributed by atoms with Crippen LogP contribution >= 0.6 is 0 Å². The third-order valence-electron chi connectivity index (χ3n) is 9.28. The molecule has 0 aliphatic carbocycles. The maximum absolute atomic E-state index is 6.26. The van der Waals surface area contributed by atoms with Crippen LogP contribution in [0.3, 0.4) is 0 Å². The zero-order valence-corrected chi connectivity index (χ0v) is 26.3. The maximum Gasteiger partial charge on any atom is 0.135 e. The Bertz CT molecular complexity index is 2540. The molecule has 0 bridgehead atoms. The van der Waals surface area contributed by atoms with Gasteiger partial charge in [-0.05, 0) is 81.1 Å². The summed E-state index contributed by atoms with van der Waals surface area (Å²) in [5.41, 5.74) is 12.1. The van der Waals surface area contributed by atoms with Gasteiger partial charge in [0.1, 0.15) is 11.2 Å². The van der Waals surface area contributed by atoms with Crippen molar-refractivity contribution >= 4 is 49.8 Å². The number of hydrogen-bond donors (Lipinski definition) is 0. The summed E-state index contributed by atoms with van der Waals surface area (Å²) in [7, 11) is 0. The molecule has 0 aliphatic rings. The summed E-state index contributed by atoms with van der Waals surface area (Å²) in [4.78, 5) is 2.40.